The van der Waals surface area contributed by atoms with Crippen molar-refractivity contribution < 1.29 is 56.0 Å². The van der Waals surface area contributed by atoms with Crippen molar-refractivity contribution in [2.75, 3.05) is 39.3 Å². The smallest absolute Gasteiger partial charge is 0.280 e. The Balaban J connectivity index is 0.000000139. The number of H-pyrrole nitrogens is 3. The van der Waals surface area contributed by atoms with Crippen molar-refractivity contribution in [1.29, 1.82) is 0 Å². The summed E-state index contributed by atoms with van der Waals surface area (Å²) in [7, 11) is 0. The Bertz CT molecular complexity index is 3310. The van der Waals surface area contributed by atoms with Gasteiger partial charge in [0.05, 0.1) is 51.3 Å². The molecule has 0 bridgehead atoms. The molecule has 6 N–H and O–H groups in total. The van der Waals surface area contributed by atoms with Crippen molar-refractivity contribution in [2.45, 2.75) is 140 Å². The molecule has 3 aromatic carbocycles. The van der Waals surface area contributed by atoms with Gasteiger partial charge in [-0.15, -0.1) is 0 Å². The van der Waals surface area contributed by atoms with E-state index in [-0.39, 0.29) is 96.1 Å². The van der Waals surface area contributed by atoms with Crippen molar-refractivity contribution >= 4 is 85.2 Å². The molecule has 0 spiro atoms. The third kappa shape index (κ3) is 12.9. The first-order valence-corrected chi connectivity index (χ1v) is 30.0. The number of fused-ring (bicyclic) bond motifs is 3. The average Bonchev–Trinajstić information content (AvgIpc) is 3.48. The Labute approximate surface area is 491 Å². The number of likely N-dealkylation sites (tertiary alicyclic amines) is 3. The Hall–Kier alpha value is -5.19. The lowest BCUT2D eigenvalue weighted by atomic mass is 9.68. The standard InChI is InChI=1S/C21H28ClN3O2.2C19H21ClF3N3O2/c1-21(2,15-5-7-25(8-6-15)18(26)9-13-3-4-13)20(27)17-11-16(22)10-14-12-23-24-19(14)17;20-13-8-11-9-24-25-17(11)15(16(13)21)18(28)19(22,23)12-3-5-26(6-4-12)14(27)7-10-1-2-10;20-13-8-11-9-24-25-16(11)14(15(13)21)17(27)19(22,23)12-4-6-26(7-5-12)18(28)10-2-1-3-10/h10-13,15,20,27H,3-9H2,1-2H3,(H,23,24);8-10,12,18,28H,1-7H2,(H,24,25);8-10,12,17,27H,1-7H2,(H,24,25). The minimum Gasteiger partial charge on any atom is -0.388 e. The number of carbonyl (C=O) groups excluding carboxylic acids is 3. The molecule has 3 aliphatic heterocycles. The summed E-state index contributed by atoms with van der Waals surface area (Å²) < 4.78 is 89.4. The molecular weight excluding hydrogens is 1150 g/mol. The molecule has 3 saturated carbocycles. The van der Waals surface area contributed by atoms with Crippen LogP contribution in [0.4, 0.5) is 26.3 Å². The van der Waals surface area contributed by atoms with E-state index in [1.54, 1.807) is 16.0 Å². The number of aliphatic hydroxyl groups is 3. The molecule has 3 aliphatic carbocycles. The van der Waals surface area contributed by atoms with Gasteiger partial charge in [0.15, 0.2) is 0 Å². The zero-order valence-electron chi connectivity index (χ0n) is 46.2. The van der Waals surface area contributed by atoms with E-state index in [1.807, 2.05) is 17.0 Å². The number of aromatic amines is 3. The molecule has 3 unspecified atom stereocenters. The second kappa shape index (κ2) is 24.7. The maximum atomic E-state index is 15.1. The van der Waals surface area contributed by atoms with Crippen LogP contribution in [-0.4, -0.2) is 129 Å². The van der Waals surface area contributed by atoms with Crippen LogP contribution < -0.4 is 0 Å². The number of hydrogen-bond donors (Lipinski definition) is 6. The third-order valence-electron chi connectivity index (χ3n) is 18.6. The highest BCUT2D eigenvalue weighted by molar-refractivity contribution is 6.32. The predicted octanol–water partition coefficient (Wildman–Crippen LogP) is 12.4. The first kappa shape index (κ1) is 60.9. The SMILES string of the molecule is CC(C)(C1CCN(C(=O)CC2CC2)CC1)C(O)c1cc(Cl)cc2cn[nH]c12.O=C(C1CCC1)N1CCC(C(F)(F)C(O)c2c(F)c(Cl)cc3cn[nH]c23)CC1.O=C(CC1CC1)N1CCC(C(F)(F)C(O)c2c(F)c(Cl)cc3cn[nH]c23)CC1. The van der Waals surface area contributed by atoms with E-state index < -0.39 is 64.8 Å². The summed E-state index contributed by atoms with van der Waals surface area (Å²) >= 11 is 17.9. The summed E-state index contributed by atoms with van der Waals surface area (Å²) in [6, 6.07) is 6.24. The summed E-state index contributed by atoms with van der Waals surface area (Å²) in [6.07, 6.45) is 9.55. The second-order valence-corrected chi connectivity index (χ2v) is 25.6. The fourth-order valence-corrected chi connectivity index (χ4v) is 13.2. The Morgan fingerprint density at radius 3 is 1.34 bits per heavy atom. The fourth-order valence-electron chi connectivity index (χ4n) is 12.5. The van der Waals surface area contributed by atoms with Crippen LogP contribution in [0.5, 0.6) is 0 Å². The number of benzene rings is 3. The van der Waals surface area contributed by atoms with Gasteiger partial charge in [-0.3, -0.25) is 29.7 Å². The van der Waals surface area contributed by atoms with Crippen LogP contribution in [0.15, 0.2) is 42.9 Å². The van der Waals surface area contributed by atoms with E-state index in [0.717, 1.165) is 80.9 Å². The molecule has 12 rings (SSSR count). The van der Waals surface area contributed by atoms with E-state index in [4.69, 9.17) is 34.8 Å². The largest absolute Gasteiger partial charge is 0.388 e. The van der Waals surface area contributed by atoms with E-state index in [1.165, 1.54) is 37.4 Å². The van der Waals surface area contributed by atoms with E-state index in [0.29, 0.717) is 45.9 Å². The van der Waals surface area contributed by atoms with Crippen LogP contribution in [0.2, 0.25) is 15.1 Å². The molecule has 15 nitrogen and oxygen atoms in total. The van der Waals surface area contributed by atoms with Crippen molar-refractivity contribution in [3.8, 4) is 0 Å². The lowest BCUT2D eigenvalue weighted by molar-refractivity contribution is -0.166. The molecule has 24 heteroatoms. The van der Waals surface area contributed by atoms with Crippen LogP contribution in [0.1, 0.15) is 145 Å². The summed E-state index contributed by atoms with van der Waals surface area (Å²) in [6.45, 7) is 6.70. The minimum absolute atomic E-state index is 0.00451. The van der Waals surface area contributed by atoms with Gasteiger partial charge >= 0.3 is 0 Å². The van der Waals surface area contributed by atoms with Crippen molar-refractivity contribution in [3.63, 3.8) is 0 Å². The quantitative estimate of drug-likeness (QED) is 0.0573. The number of hydrogen-bond acceptors (Lipinski definition) is 9. The molecular formula is C59H70Cl3F6N9O6. The van der Waals surface area contributed by atoms with Gasteiger partial charge in [-0.05, 0) is 124 Å². The number of rotatable bonds is 14. The average molecular weight is 1220 g/mol. The molecule has 3 amide bonds. The maximum absolute atomic E-state index is 15.1. The highest BCUT2D eigenvalue weighted by Gasteiger charge is 2.52. The lowest BCUT2D eigenvalue weighted by Crippen LogP contribution is -2.48. The van der Waals surface area contributed by atoms with Crippen molar-refractivity contribution in [3.05, 3.63) is 86.2 Å². The van der Waals surface area contributed by atoms with Gasteiger partial charge in [0, 0.05) is 108 Å². The van der Waals surface area contributed by atoms with Gasteiger partial charge in [0.1, 0.15) is 23.8 Å². The van der Waals surface area contributed by atoms with Gasteiger partial charge < -0.3 is 30.0 Å². The molecule has 6 heterocycles. The molecule has 6 aliphatic rings. The van der Waals surface area contributed by atoms with Gasteiger partial charge in [0.25, 0.3) is 11.8 Å². The minimum atomic E-state index is -3.57. The van der Waals surface area contributed by atoms with E-state index >= 15 is 17.6 Å². The number of carbonyl (C=O) groups is 3. The van der Waals surface area contributed by atoms with E-state index in [9.17, 15) is 38.5 Å². The maximum Gasteiger partial charge on any atom is 0.280 e. The topological polar surface area (TPSA) is 208 Å². The molecule has 6 aromatic rings. The van der Waals surface area contributed by atoms with Gasteiger partial charge in [-0.2, -0.15) is 15.3 Å². The number of piperidine rings is 3. The molecule has 6 fully saturated rings. The van der Waals surface area contributed by atoms with Crippen LogP contribution in [0.3, 0.4) is 0 Å². The molecule has 83 heavy (non-hydrogen) atoms. The predicted molar refractivity (Wildman–Crippen MR) is 302 cm³/mol. The third-order valence-corrected chi connectivity index (χ3v) is 19.3. The fraction of sp³-hybridized carbons (Fsp3) is 0.593. The number of aromatic nitrogens is 6. The van der Waals surface area contributed by atoms with Crippen LogP contribution in [-0.2, 0) is 14.4 Å². The number of nitrogens with zero attached hydrogens (tertiary/aromatic N) is 6. The molecule has 0 radical (unpaired) electrons. The highest BCUT2D eigenvalue weighted by atomic mass is 35.5. The first-order valence-electron chi connectivity index (χ1n) is 28.8. The molecule has 450 valence electrons. The van der Waals surface area contributed by atoms with Crippen LogP contribution in [0, 0.1) is 52.6 Å². The Morgan fingerprint density at radius 2 is 0.940 bits per heavy atom. The van der Waals surface area contributed by atoms with Gasteiger partial charge in [-0.25, -0.2) is 26.3 Å². The van der Waals surface area contributed by atoms with Crippen molar-refractivity contribution in [1.82, 2.24) is 45.3 Å². The second-order valence-electron chi connectivity index (χ2n) is 24.4. The zero-order valence-corrected chi connectivity index (χ0v) is 48.5. The lowest BCUT2D eigenvalue weighted by Gasteiger charge is -2.43. The van der Waals surface area contributed by atoms with E-state index in [2.05, 4.69) is 44.4 Å². The summed E-state index contributed by atoms with van der Waals surface area (Å²) in [4.78, 5) is 42.1. The number of nitrogens with one attached hydrogen (secondary N) is 3. The number of halogens is 9. The molecule has 3 atom stereocenters. The summed E-state index contributed by atoms with van der Waals surface area (Å²) in [5, 5.41) is 53.2. The van der Waals surface area contributed by atoms with Crippen LogP contribution >= 0.6 is 34.8 Å². The number of aliphatic hydroxyl groups excluding tert-OH is 3. The van der Waals surface area contributed by atoms with Crippen molar-refractivity contribution in [2.24, 2.45) is 40.9 Å². The zero-order chi connectivity index (χ0) is 59.3. The first-order chi connectivity index (χ1) is 39.4. The number of amides is 3. The molecule has 3 aromatic heterocycles. The Morgan fingerprint density at radius 1 is 0.554 bits per heavy atom. The normalized spacial score (nSPS) is 20.2. The van der Waals surface area contributed by atoms with Crippen LogP contribution in [0.25, 0.3) is 32.7 Å². The Kier molecular flexibility index (Phi) is 18.1. The number of alkyl halides is 4. The van der Waals surface area contributed by atoms with Gasteiger partial charge in [-0.1, -0.05) is 55.1 Å². The van der Waals surface area contributed by atoms with Gasteiger partial charge in [0.2, 0.25) is 17.7 Å². The summed E-state index contributed by atoms with van der Waals surface area (Å²) in [5.74, 6) is -9.85. The monoisotopic (exact) mass is 1220 g/mol. The highest BCUT2D eigenvalue weighted by Crippen LogP contribution is 2.50. The molecule has 3 saturated heterocycles. The summed E-state index contributed by atoms with van der Waals surface area (Å²) in [5.41, 5.74) is 0.186.